The van der Waals surface area contributed by atoms with Gasteiger partial charge < -0.3 is 24.9 Å². The number of nitrogens with one attached hydrogen (secondary N) is 2. The van der Waals surface area contributed by atoms with E-state index in [1.54, 1.807) is 49.1 Å². The predicted molar refractivity (Wildman–Crippen MR) is 308 cm³/mol. The number of allylic oxidation sites excluding steroid dienone is 1. The highest BCUT2D eigenvalue weighted by atomic mass is 32.2. The maximum atomic E-state index is 15.4. The second kappa shape index (κ2) is 23.0. The van der Waals surface area contributed by atoms with E-state index in [9.17, 15) is 9.59 Å². The first-order chi connectivity index (χ1) is 38.8. The molecule has 0 bridgehead atoms. The van der Waals surface area contributed by atoms with Gasteiger partial charge in [-0.1, -0.05) is 206 Å². The molecule has 9 aromatic rings. The summed E-state index contributed by atoms with van der Waals surface area (Å²) in [5, 5.41) is 13.2. The standard InChI is InChI=1S/C64H51N7O6S2/c1-43(45-37-65-42-66-38-45)53-40-78-60-56(59(73)71(60)57(53)61(74)76-39-44-33-35-52(75-2)36-34-44)68-58(72)55(70-77-64(49-27-15-6-16-28-49,50-29-17-7-18-30-50)51-31-19-8-20-32-51)54-41-79-62(67-54)69-63(46-21-9-3-10-22-46,47-23-11-4-12-24-47)48-25-13-5-14-26-48/h3-38,41-42,56,60H,1,39-40H2,2H3,(H,67,69)(H,68,72)/b70-55-/t56-,60-/m1/s1. The largest absolute Gasteiger partial charge is 0.497 e. The van der Waals surface area contributed by atoms with E-state index in [0.717, 1.165) is 33.4 Å². The van der Waals surface area contributed by atoms with E-state index in [1.807, 2.05) is 146 Å². The van der Waals surface area contributed by atoms with Crippen LogP contribution in [0, 0.1) is 0 Å². The number of β-lactam (4-membered cyclic amide) rings is 1. The second-order valence-corrected chi connectivity index (χ2v) is 20.5. The second-order valence-electron chi connectivity index (χ2n) is 18.5. The lowest BCUT2D eigenvalue weighted by atomic mass is 9.77. The van der Waals surface area contributed by atoms with Crippen LogP contribution in [0.1, 0.15) is 50.2 Å². The zero-order valence-electron chi connectivity index (χ0n) is 42.7. The van der Waals surface area contributed by atoms with E-state index in [4.69, 9.17) is 24.5 Å². The predicted octanol–water partition coefficient (Wildman–Crippen LogP) is 11.2. The quantitative estimate of drug-likeness (QED) is 0.0261. The number of rotatable bonds is 19. The van der Waals surface area contributed by atoms with Gasteiger partial charge in [0.15, 0.2) is 10.8 Å². The molecule has 2 amide bonds. The van der Waals surface area contributed by atoms with Crippen molar-refractivity contribution >= 4 is 57.3 Å². The van der Waals surface area contributed by atoms with Crippen molar-refractivity contribution in [3.63, 3.8) is 0 Å². The number of oxime groups is 1. The molecule has 79 heavy (non-hydrogen) atoms. The molecule has 0 radical (unpaired) electrons. The molecular weight excluding hydrogens is 1030 g/mol. The molecule has 0 aliphatic carbocycles. The number of methoxy groups -OCH3 is 1. The zero-order valence-corrected chi connectivity index (χ0v) is 44.4. The number of anilines is 1. The van der Waals surface area contributed by atoms with E-state index >= 15 is 4.79 Å². The summed E-state index contributed by atoms with van der Waals surface area (Å²) in [6.07, 6.45) is 4.59. The van der Waals surface area contributed by atoms with Gasteiger partial charge in [-0.15, -0.1) is 23.1 Å². The molecule has 2 N–H and O–H groups in total. The lowest BCUT2D eigenvalue weighted by molar-refractivity contribution is -0.153. The van der Waals surface area contributed by atoms with Crippen LogP contribution in [0.4, 0.5) is 5.13 Å². The molecule has 2 aliphatic rings. The van der Waals surface area contributed by atoms with Crippen LogP contribution in [0.3, 0.4) is 0 Å². The number of nitrogens with zero attached hydrogens (tertiary/aromatic N) is 5. The summed E-state index contributed by atoms with van der Waals surface area (Å²) in [5.41, 5.74) is 5.00. The molecular formula is C64H51N7O6S2. The molecule has 15 heteroatoms. The number of benzene rings is 7. The van der Waals surface area contributed by atoms with Crippen molar-refractivity contribution in [1.82, 2.24) is 25.2 Å². The highest BCUT2D eigenvalue weighted by Gasteiger charge is 2.55. The van der Waals surface area contributed by atoms with Crippen molar-refractivity contribution in [3.8, 4) is 5.75 Å². The highest BCUT2D eigenvalue weighted by molar-refractivity contribution is 8.00. The van der Waals surface area contributed by atoms with Crippen molar-refractivity contribution in [2.75, 3.05) is 18.2 Å². The Morgan fingerprint density at radius 2 is 1.19 bits per heavy atom. The van der Waals surface area contributed by atoms with Gasteiger partial charge in [0.2, 0.25) is 5.60 Å². The third-order valence-electron chi connectivity index (χ3n) is 13.9. The fourth-order valence-electron chi connectivity index (χ4n) is 9.99. The molecule has 11 rings (SSSR count). The van der Waals surface area contributed by atoms with Crippen LogP contribution in [-0.4, -0.2) is 67.6 Å². The topological polar surface area (TPSA) is 157 Å². The number of aromatic nitrogens is 3. The van der Waals surface area contributed by atoms with Gasteiger partial charge in [-0.05, 0) is 40.0 Å². The van der Waals surface area contributed by atoms with E-state index in [0.29, 0.717) is 33.2 Å². The molecule has 7 aromatic carbocycles. The van der Waals surface area contributed by atoms with Crippen LogP contribution in [0.5, 0.6) is 5.75 Å². The Balaban J connectivity index is 0.988. The monoisotopic (exact) mass is 1080 g/mol. The van der Waals surface area contributed by atoms with Crippen LogP contribution in [-0.2, 0) is 41.7 Å². The third-order valence-corrected chi connectivity index (χ3v) is 16.0. The van der Waals surface area contributed by atoms with Gasteiger partial charge in [0.1, 0.15) is 47.0 Å². The smallest absolute Gasteiger partial charge is 0.355 e. The Bertz CT molecular complexity index is 3470. The lowest BCUT2D eigenvalue weighted by Crippen LogP contribution is -2.71. The minimum atomic E-state index is -1.38. The van der Waals surface area contributed by atoms with Crippen LogP contribution >= 0.6 is 23.1 Å². The third kappa shape index (κ3) is 10.2. The maximum Gasteiger partial charge on any atom is 0.355 e. The average molecular weight is 1080 g/mol. The van der Waals surface area contributed by atoms with Crippen molar-refractivity contribution in [1.29, 1.82) is 0 Å². The van der Waals surface area contributed by atoms with Crippen LogP contribution in [0.2, 0.25) is 0 Å². The lowest BCUT2D eigenvalue weighted by Gasteiger charge is -2.49. The molecule has 4 heterocycles. The molecule has 2 aliphatic heterocycles. The van der Waals surface area contributed by atoms with Gasteiger partial charge in [-0.25, -0.2) is 19.7 Å². The first-order valence-electron chi connectivity index (χ1n) is 25.4. The zero-order chi connectivity index (χ0) is 54.2. The summed E-state index contributed by atoms with van der Waals surface area (Å²) < 4.78 is 11.2. The molecule has 2 atom stereocenters. The normalized spacial score (nSPS) is 15.3. The molecule has 0 spiro atoms. The number of carbonyl (C=O) groups is 3. The van der Waals surface area contributed by atoms with Gasteiger partial charge in [0.25, 0.3) is 11.8 Å². The van der Waals surface area contributed by atoms with Crippen molar-refractivity contribution in [2.24, 2.45) is 5.16 Å². The molecule has 1 fully saturated rings. The Hall–Kier alpha value is -9.44. The fourth-order valence-corrected chi connectivity index (χ4v) is 12.1. The molecule has 13 nitrogen and oxygen atoms in total. The summed E-state index contributed by atoms with van der Waals surface area (Å²) >= 11 is 2.67. The number of hydrogen-bond acceptors (Lipinski definition) is 13. The first-order valence-corrected chi connectivity index (χ1v) is 27.3. The summed E-state index contributed by atoms with van der Waals surface area (Å²) in [4.78, 5) is 66.5. The van der Waals surface area contributed by atoms with Gasteiger partial charge in [0, 0.05) is 51.4 Å². The van der Waals surface area contributed by atoms with Crippen LogP contribution < -0.4 is 15.4 Å². The number of hydrogen-bond donors (Lipinski definition) is 2. The van der Waals surface area contributed by atoms with Gasteiger partial charge in [-0.2, -0.15) is 0 Å². The Labute approximate surface area is 465 Å². The molecule has 1 saturated heterocycles. The number of carbonyl (C=O) groups excluding carboxylic acids is 3. The Morgan fingerprint density at radius 3 is 1.68 bits per heavy atom. The average Bonchev–Trinajstić information content (AvgIpc) is 4.15. The van der Waals surface area contributed by atoms with E-state index < -0.39 is 40.3 Å². The molecule has 390 valence electrons. The summed E-state index contributed by atoms with van der Waals surface area (Å²) in [5.74, 6) is -1.11. The van der Waals surface area contributed by atoms with Gasteiger partial charge >= 0.3 is 5.97 Å². The number of amides is 2. The van der Waals surface area contributed by atoms with Gasteiger partial charge in [0.05, 0.1) is 7.11 Å². The number of ether oxygens (including phenoxy) is 2. The number of thiazole rings is 1. The minimum Gasteiger partial charge on any atom is -0.497 e. The maximum absolute atomic E-state index is 15.4. The van der Waals surface area contributed by atoms with E-state index in [-0.39, 0.29) is 29.5 Å². The summed E-state index contributed by atoms with van der Waals surface area (Å²) in [6.45, 7) is 4.23. The SMILES string of the molecule is C=C(C1=C(C(=O)OCc2ccc(OC)cc2)N2C(=O)[C@@H](NC(=O)/C(=N\OC(c3ccccc3)(c3ccccc3)c3ccccc3)c3csc(NC(c4ccccc4)(c4ccccc4)c4ccccc4)n3)[C@H]2SC1)c1cncnc1. The summed E-state index contributed by atoms with van der Waals surface area (Å²) in [6, 6.07) is 65.5. The number of thioether (sulfide) groups is 1. The number of fused-ring (bicyclic) bond motifs is 1. The molecule has 0 saturated carbocycles. The summed E-state index contributed by atoms with van der Waals surface area (Å²) in [7, 11) is 1.57. The van der Waals surface area contributed by atoms with Crippen molar-refractivity contribution in [3.05, 3.63) is 298 Å². The first kappa shape index (κ1) is 51.7. The Morgan fingerprint density at radius 1 is 0.696 bits per heavy atom. The highest BCUT2D eigenvalue weighted by Crippen LogP contribution is 2.46. The Kier molecular flexibility index (Phi) is 15.1. The van der Waals surface area contributed by atoms with Crippen LogP contribution in [0.25, 0.3) is 5.57 Å². The molecule has 2 aromatic heterocycles. The molecule has 0 unspecified atom stereocenters. The van der Waals surface area contributed by atoms with Crippen LogP contribution in [0.15, 0.2) is 253 Å². The van der Waals surface area contributed by atoms with Crippen molar-refractivity contribution < 1.29 is 28.7 Å². The fraction of sp³-hybridized carbons (Fsp3) is 0.109. The number of esters is 1. The van der Waals surface area contributed by atoms with E-state index in [2.05, 4.69) is 63.6 Å². The van der Waals surface area contributed by atoms with Gasteiger partial charge in [-0.3, -0.25) is 14.5 Å². The van der Waals surface area contributed by atoms with E-state index in [1.165, 1.54) is 34.3 Å². The van der Waals surface area contributed by atoms with Crippen molar-refractivity contribution in [2.45, 2.75) is 29.2 Å². The minimum absolute atomic E-state index is 0.0196.